The second-order valence-corrected chi connectivity index (χ2v) is 6.60. The summed E-state index contributed by atoms with van der Waals surface area (Å²) in [6.45, 7) is 5.20. The standard InChI is InChI=1S/C17H20N6O/c1-11(2)17-16-13(12-5-3-4-6-14(12)19-16)7-8-23(17)15(24)9-22-10-18-20-21-22/h3-6,10-11,17,19H,7-9H2,1-2H3. The van der Waals surface area contributed by atoms with E-state index in [4.69, 9.17) is 0 Å². The number of para-hydroxylation sites is 1. The number of nitrogens with zero attached hydrogens (tertiary/aromatic N) is 5. The van der Waals surface area contributed by atoms with Crippen LogP contribution in [0.1, 0.15) is 31.1 Å². The van der Waals surface area contributed by atoms with Gasteiger partial charge in [0.05, 0.1) is 6.04 Å². The minimum absolute atomic E-state index is 0.0464. The van der Waals surface area contributed by atoms with Crippen LogP contribution in [-0.4, -0.2) is 42.5 Å². The van der Waals surface area contributed by atoms with Gasteiger partial charge < -0.3 is 9.88 Å². The van der Waals surface area contributed by atoms with Crippen molar-refractivity contribution in [1.29, 1.82) is 0 Å². The third kappa shape index (κ3) is 2.36. The zero-order valence-corrected chi connectivity index (χ0v) is 13.8. The number of carbonyl (C=O) groups excluding carboxylic acids is 1. The van der Waals surface area contributed by atoms with E-state index >= 15 is 0 Å². The molecule has 1 amide bonds. The number of benzene rings is 1. The Morgan fingerprint density at radius 2 is 2.21 bits per heavy atom. The molecule has 0 bridgehead atoms. The topological polar surface area (TPSA) is 79.7 Å². The number of tetrazole rings is 1. The highest BCUT2D eigenvalue weighted by molar-refractivity contribution is 5.86. The Morgan fingerprint density at radius 3 is 2.96 bits per heavy atom. The van der Waals surface area contributed by atoms with Crippen molar-refractivity contribution >= 4 is 16.8 Å². The van der Waals surface area contributed by atoms with E-state index in [2.05, 4.69) is 52.6 Å². The van der Waals surface area contributed by atoms with Gasteiger partial charge in [-0.3, -0.25) is 4.79 Å². The molecule has 124 valence electrons. The number of hydrogen-bond donors (Lipinski definition) is 1. The second-order valence-electron chi connectivity index (χ2n) is 6.60. The maximum absolute atomic E-state index is 12.8. The molecule has 4 rings (SSSR count). The van der Waals surface area contributed by atoms with Crippen molar-refractivity contribution in [3.05, 3.63) is 41.9 Å². The van der Waals surface area contributed by atoms with Gasteiger partial charge in [-0.25, -0.2) is 4.68 Å². The van der Waals surface area contributed by atoms with E-state index in [0.29, 0.717) is 5.92 Å². The van der Waals surface area contributed by atoms with Crippen LogP contribution in [0.3, 0.4) is 0 Å². The molecule has 0 fully saturated rings. The molecule has 0 saturated heterocycles. The van der Waals surface area contributed by atoms with Gasteiger partial charge in [-0.2, -0.15) is 0 Å². The molecule has 1 aliphatic rings. The highest BCUT2D eigenvalue weighted by Gasteiger charge is 2.35. The van der Waals surface area contributed by atoms with Crippen molar-refractivity contribution < 1.29 is 4.79 Å². The molecule has 1 aliphatic heterocycles. The molecular weight excluding hydrogens is 304 g/mol. The minimum Gasteiger partial charge on any atom is -0.356 e. The Labute approximate surface area is 139 Å². The van der Waals surface area contributed by atoms with Gasteiger partial charge in [0.2, 0.25) is 5.91 Å². The summed E-state index contributed by atoms with van der Waals surface area (Å²) in [5.74, 6) is 0.361. The van der Waals surface area contributed by atoms with Crippen LogP contribution in [0.5, 0.6) is 0 Å². The van der Waals surface area contributed by atoms with Gasteiger partial charge in [0, 0.05) is 23.1 Å². The van der Waals surface area contributed by atoms with Crippen molar-refractivity contribution in [2.75, 3.05) is 6.54 Å². The zero-order valence-electron chi connectivity index (χ0n) is 13.8. The lowest BCUT2D eigenvalue weighted by atomic mass is 9.90. The van der Waals surface area contributed by atoms with Crippen molar-refractivity contribution in [2.45, 2.75) is 32.9 Å². The van der Waals surface area contributed by atoms with Crippen molar-refractivity contribution in [1.82, 2.24) is 30.1 Å². The Balaban J connectivity index is 1.71. The van der Waals surface area contributed by atoms with Crippen LogP contribution in [0.15, 0.2) is 30.6 Å². The number of rotatable bonds is 3. The molecule has 0 saturated carbocycles. The molecule has 7 heteroatoms. The minimum atomic E-state index is 0.0464. The van der Waals surface area contributed by atoms with Crippen molar-refractivity contribution in [3.8, 4) is 0 Å². The molecule has 1 unspecified atom stereocenters. The molecule has 3 aromatic rings. The van der Waals surface area contributed by atoms with E-state index in [1.165, 1.54) is 27.7 Å². The third-order valence-electron chi connectivity index (χ3n) is 4.72. The summed E-state index contributed by atoms with van der Waals surface area (Å²) in [4.78, 5) is 18.3. The SMILES string of the molecule is CC(C)C1c2[nH]c3ccccc3c2CCN1C(=O)Cn1cnnn1. The number of hydrogen-bond acceptors (Lipinski definition) is 4. The highest BCUT2D eigenvalue weighted by atomic mass is 16.2. The van der Waals surface area contributed by atoms with E-state index in [9.17, 15) is 4.79 Å². The number of nitrogens with one attached hydrogen (secondary N) is 1. The fourth-order valence-corrected chi connectivity index (χ4v) is 3.73. The van der Waals surface area contributed by atoms with Crippen LogP contribution < -0.4 is 0 Å². The first kappa shape index (κ1) is 14.9. The van der Waals surface area contributed by atoms with Crippen molar-refractivity contribution in [2.24, 2.45) is 5.92 Å². The largest absolute Gasteiger partial charge is 0.356 e. The van der Waals surface area contributed by atoms with Crippen LogP contribution >= 0.6 is 0 Å². The predicted octanol–water partition coefficient (Wildman–Crippen LogP) is 1.94. The summed E-state index contributed by atoms with van der Waals surface area (Å²) in [5.41, 5.74) is 3.65. The van der Waals surface area contributed by atoms with Crippen molar-refractivity contribution in [3.63, 3.8) is 0 Å². The van der Waals surface area contributed by atoms with E-state index in [1.54, 1.807) is 0 Å². The normalized spacial score (nSPS) is 17.5. The molecule has 0 spiro atoms. The summed E-state index contributed by atoms with van der Waals surface area (Å²) < 4.78 is 1.47. The van der Waals surface area contributed by atoms with Gasteiger partial charge in [0.25, 0.3) is 0 Å². The average molecular weight is 324 g/mol. The molecule has 7 nitrogen and oxygen atoms in total. The Bertz CT molecular complexity index is 866. The van der Waals surface area contributed by atoms with Crippen LogP contribution in [0.4, 0.5) is 0 Å². The van der Waals surface area contributed by atoms with Gasteiger partial charge in [-0.15, -0.1) is 5.10 Å². The van der Waals surface area contributed by atoms with Gasteiger partial charge in [-0.1, -0.05) is 32.0 Å². The maximum atomic E-state index is 12.8. The summed E-state index contributed by atoms with van der Waals surface area (Å²) >= 11 is 0. The fourth-order valence-electron chi connectivity index (χ4n) is 3.73. The Kier molecular flexibility index (Phi) is 3.55. The van der Waals surface area contributed by atoms with E-state index < -0.39 is 0 Å². The first-order chi connectivity index (χ1) is 11.6. The zero-order chi connectivity index (χ0) is 16.7. The smallest absolute Gasteiger partial charge is 0.245 e. The molecule has 3 heterocycles. The van der Waals surface area contributed by atoms with Crippen LogP contribution in [0, 0.1) is 5.92 Å². The quantitative estimate of drug-likeness (QED) is 0.798. The number of H-pyrrole nitrogens is 1. The molecular formula is C17H20N6O. The number of carbonyl (C=O) groups is 1. The van der Waals surface area contributed by atoms with Gasteiger partial charge in [-0.05, 0) is 34.4 Å². The number of aromatic amines is 1. The van der Waals surface area contributed by atoms with Crippen LogP contribution in [-0.2, 0) is 17.8 Å². The maximum Gasteiger partial charge on any atom is 0.245 e. The lowest BCUT2D eigenvalue weighted by Crippen LogP contribution is -2.43. The first-order valence-electron chi connectivity index (χ1n) is 8.25. The third-order valence-corrected chi connectivity index (χ3v) is 4.72. The highest BCUT2D eigenvalue weighted by Crippen LogP contribution is 2.38. The number of aromatic nitrogens is 5. The van der Waals surface area contributed by atoms with Gasteiger partial charge in [0.15, 0.2) is 0 Å². The van der Waals surface area contributed by atoms with E-state index in [-0.39, 0.29) is 18.5 Å². The summed E-state index contributed by atoms with van der Waals surface area (Å²) in [6.07, 6.45) is 2.34. The average Bonchev–Trinajstić information content (AvgIpc) is 3.20. The molecule has 24 heavy (non-hydrogen) atoms. The monoisotopic (exact) mass is 324 g/mol. The van der Waals surface area contributed by atoms with E-state index in [1.807, 2.05) is 11.0 Å². The predicted molar refractivity (Wildman–Crippen MR) is 89.1 cm³/mol. The van der Waals surface area contributed by atoms with E-state index in [0.717, 1.165) is 18.5 Å². The molecule has 1 aromatic carbocycles. The first-order valence-corrected chi connectivity index (χ1v) is 8.25. The van der Waals surface area contributed by atoms with Gasteiger partial charge in [0.1, 0.15) is 12.9 Å². The number of amides is 1. The second kappa shape index (κ2) is 5.74. The lowest BCUT2D eigenvalue weighted by molar-refractivity contribution is -0.136. The molecule has 1 N–H and O–H groups in total. The molecule has 0 aliphatic carbocycles. The summed E-state index contributed by atoms with van der Waals surface area (Å²) in [5, 5.41) is 12.3. The van der Waals surface area contributed by atoms with Gasteiger partial charge >= 0.3 is 0 Å². The fraction of sp³-hybridized carbons (Fsp3) is 0.412. The Morgan fingerprint density at radius 1 is 1.38 bits per heavy atom. The Hall–Kier alpha value is -2.70. The molecule has 2 aromatic heterocycles. The number of fused-ring (bicyclic) bond motifs is 3. The lowest BCUT2D eigenvalue weighted by Gasteiger charge is -2.38. The molecule has 0 radical (unpaired) electrons. The summed E-state index contributed by atoms with van der Waals surface area (Å²) in [7, 11) is 0. The molecule has 1 atom stereocenters. The van der Waals surface area contributed by atoms with Crippen LogP contribution in [0.2, 0.25) is 0 Å². The van der Waals surface area contributed by atoms with Crippen LogP contribution in [0.25, 0.3) is 10.9 Å². The summed E-state index contributed by atoms with van der Waals surface area (Å²) in [6, 6.07) is 8.40.